The summed E-state index contributed by atoms with van der Waals surface area (Å²) in [6.07, 6.45) is 4.99. The van der Waals surface area contributed by atoms with Crippen LogP contribution in [-0.2, 0) is 9.53 Å². The highest BCUT2D eigenvalue weighted by molar-refractivity contribution is 5.78. The van der Waals surface area contributed by atoms with E-state index in [9.17, 15) is 4.79 Å². The van der Waals surface area contributed by atoms with E-state index < -0.39 is 0 Å². The smallest absolute Gasteiger partial charge is 0.234 e. The van der Waals surface area contributed by atoms with Gasteiger partial charge in [-0.1, -0.05) is 0 Å². The van der Waals surface area contributed by atoms with Crippen molar-refractivity contribution in [1.29, 1.82) is 0 Å². The Kier molecular flexibility index (Phi) is 7.96. The number of amides is 1. The van der Waals surface area contributed by atoms with Crippen molar-refractivity contribution in [3.8, 4) is 0 Å². The van der Waals surface area contributed by atoms with Crippen LogP contribution in [0.4, 0.5) is 0 Å². The zero-order valence-corrected chi connectivity index (χ0v) is 11.4. The SMILES string of the molecule is COCCCNC(=O)CN1CCCC1CCCO. The van der Waals surface area contributed by atoms with E-state index in [1.165, 1.54) is 0 Å². The Morgan fingerprint density at radius 2 is 2.33 bits per heavy atom. The maximum Gasteiger partial charge on any atom is 0.234 e. The summed E-state index contributed by atoms with van der Waals surface area (Å²) in [5.41, 5.74) is 0. The maximum atomic E-state index is 11.7. The number of methoxy groups -OCH3 is 1. The highest BCUT2D eigenvalue weighted by atomic mass is 16.5. The van der Waals surface area contributed by atoms with E-state index in [-0.39, 0.29) is 12.5 Å². The first-order valence-corrected chi connectivity index (χ1v) is 6.88. The molecule has 0 aromatic carbocycles. The molecular weight excluding hydrogens is 232 g/mol. The molecule has 18 heavy (non-hydrogen) atoms. The summed E-state index contributed by atoms with van der Waals surface area (Å²) in [6.45, 7) is 3.10. The second-order valence-electron chi connectivity index (χ2n) is 4.83. The van der Waals surface area contributed by atoms with Gasteiger partial charge >= 0.3 is 0 Å². The van der Waals surface area contributed by atoms with E-state index in [2.05, 4.69) is 10.2 Å². The topological polar surface area (TPSA) is 61.8 Å². The lowest BCUT2D eigenvalue weighted by Gasteiger charge is -2.23. The number of nitrogens with zero attached hydrogens (tertiary/aromatic N) is 1. The molecule has 1 amide bonds. The monoisotopic (exact) mass is 258 g/mol. The van der Waals surface area contributed by atoms with Crippen LogP contribution in [0.5, 0.6) is 0 Å². The van der Waals surface area contributed by atoms with E-state index >= 15 is 0 Å². The summed E-state index contributed by atoms with van der Waals surface area (Å²) < 4.78 is 4.93. The highest BCUT2D eigenvalue weighted by Gasteiger charge is 2.25. The quantitative estimate of drug-likeness (QED) is 0.587. The summed E-state index contributed by atoms with van der Waals surface area (Å²) in [7, 11) is 1.66. The van der Waals surface area contributed by atoms with Crippen molar-refractivity contribution in [2.45, 2.75) is 38.1 Å². The molecule has 0 radical (unpaired) electrons. The van der Waals surface area contributed by atoms with Crippen LogP contribution in [0, 0.1) is 0 Å². The van der Waals surface area contributed by atoms with Gasteiger partial charge in [0.05, 0.1) is 6.54 Å². The van der Waals surface area contributed by atoms with Gasteiger partial charge in [0.2, 0.25) is 5.91 Å². The first-order valence-electron chi connectivity index (χ1n) is 6.88. The largest absolute Gasteiger partial charge is 0.396 e. The van der Waals surface area contributed by atoms with Gasteiger partial charge in [0.25, 0.3) is 0 Å². The van der Waals surface area contributed by atoms with Gasteiger partial charge in [-0.05, 0) is 38.6 Å². The summed E-state index contributed by atoms with van der Waals surface area (Å²) >= 11 is 0. The van der Waals surface area contributed by atoms with E-state index in [1.807, 2.05) is 0 Å². The number of carbonyl (C=O) groups is 1. The van der Waals surface area contributed by atoms with Crippen LogP contribution in [0.1, 0.15) is 32.1 Å². The van der Waals surface area contributed by atoms with Crippen molar-refractivity contribution < 1.29 is 14.6 Å². The summed E-state index contributed by atoms with van der Waals surface area (Å²) in [4.78, 5) is 14.0. The van der Waals surface area contributed by atoms with Crippen LogP contribution in [-0.4, -0.2) is 61.9 Å². The van der Waals surface area contributed by atoms with Gasteiger partial charge in [-0.2, -0.15) is 0 Å². The van der Waals surface area contributed by atoms with Gasteiger partial charge in [0.1, 0.15) is 0 Å². The first kappa shape index (κ1) is 15.4. The molecule has 2 N–H and O–H groups in total. The molecule has 0 aliphatic carbocycles. The predicted molar refractivity (Wildman–Crippen MR) is 70.4 cm³/mol. The van der Waals surface area contributed by atoms with Crippen molar-refractivity contribution >= 4 is 5.91 Å². The molecule has 1 aliphatic heterocycles. The normalized spacial score (nSPS) is 20.2. The molecule has 5 nitrogen and oxygen atoms in total. The molecule has 0 aromatic rings. The van der Waals surface area contributed by atoms with Crippen molar-refractivity contribution in [3.63, 3.8) is 0 Å². The number of hydrogen-bond donors (Lipinski definition) is 2. The molecule has 0 bridgehead atoms. The third kappa shape index (κ3) is 5.80. The fourth-order valence-corrected chi connectivity index (χ4v) is 2.44. The molecule has 1 rings (SSSR count). The summed E-state index contributed by atoms with van der Waals surface area (Å²) in [6, 6.07) is 0.474. The number of rotatable bonds is 9. The van der Waals surface area contributed by atoms with Gasteiger partial charge in [-0.3, -0.25) is 9.69 Å². The summed E-state index contributed by atoms with van der Waals surface area (Å²) in [5.74, 6) is 0.0991. The Balaban J connectivity index is 2.17. The number of aliphatic hydroxyl groups excluding tert-OH is 1. The molecule has 1 aliphatic rings. The Bertz CT molecular complexity index is 236. The predicted octanol–water partition coefficient (Wildman–Crippen LogP) is 0.376. The summed E-state index contributed by atoms with van der Waals surface area (Å²) in [5, 5.41) is 11.8. The van der Waals surface area contributed by atoms with Gasteiger partial charge in [0.15, 0.2) is 0 Å². The third-order valence-electron chi connectivity index (χ3n) is 3.39. The zero-order chi connectivity index (χ0) is 13.2. The molecule has 1 heterocycles. The molecular formula is C13H26N2O3. The minimum Gasteiger partial charge on any atom is -0.396 e. The second-order valence-corrected chi connectivity index (χ2v) is 4.83. The van der Waals surface area contributed by atoms with Crippen LogP contribution in [0.15, 0.2) is 0 Å². The number of carbonyl (C=O) groups excluding carboxylic acids is 1. The lowest BCUT2D eigenvalue weighted by molar-refractivity contribution is -0.122. The molecule has 0 spiro atoms. The maximum absolute atomic E-state index is 11.7. The van der Waals surface area contributed by atoms with Gasteiger partial charge in [0, 0.05) is 32.9 Å². The van der Waals surface area contributed by atoms with Crippen molar-refractivity contribution in [2.75, 3.05) is 40.0 Å². The van der Waals surface area contributed by atoms with Crippen LogP contribution >= 0.6 is 0 Å². The number of likely N-dealkylation sites (tertiary alicyclic amines) is 1. The Morgan fingerprint density at radius 1 is 1.50 bits per heavy atom. The minimum absolute atomic E-state index is 0.0991. The van der Waals surface area contributed by atoms with Crippen molar-refractivity contribution in [2.24, 2.45) is 0 Å². The zero-order valence-electron chi connectivity index (χ0n) is 11.4. The van der Waals surface area contributed by atoms with E-state index in [0.29, 0.717) is 25.7 Å². The van der Waals surface area contributed by atoms with Crippen LogP contribution < -0.4 is 5.32 Å². The fourth-order valence-electron chi connectivity index (χ4n) is 2.44. The molecule has 1 fully saturated rings. The lowest BCUT2D eigenvalue weighted by Crippen LogP contribution is -2.40. The van der Waals surface area contributed by atoms with Crippen LogP contribution in [0.2, 0.25) is 0 Å². The molecule has 0 saturated carbocycles. The van der Waals surface area contributed by atoms with Gasteiger partial charge in [-0.25, -0.2) is 0 Å². The van der Waals surface area contributed by atoms with E-state index in [1.54, 1.807) is 7.11 Å². The van der Waals surface area contributed by atoms with Gasteiger partial charge < -0.3 is 15.2 Å². The molecule has 1 unspecified atom stereocenters. The van der Waals surface area contributed by atoms with Crippen LogP contribution in [0.3, 0.4) is 0 Å². The number of nitrogens with one attached hydrogen (secondary N) is 1. The first-order chi connectivity index (χ1) is 8.77. The second kappa shape index (κ2) is 9.30. The number of aliphatic hydroxyl groups is 1. The average Bonchev–Trinajstić information content (AvgIpc) is 2.79. The Labute approximate surface area is 109 Å². The highest BCUT2D eigenvalue weighted by Crippen LogP contribution is 2.20. The minimum atomic E-state index is 0.0991. The average molecular weight is 258 g/mol. The Hall–Kier alpha value is -0.650. The standard InChI is InChI=1S/C13H26N2O3/c1-18-10-4-7-14-13(17)11-15-8-2-5-12(15)6-3-9-16/h12,16H,2-11H2,1H3,(H,14,17). The molecule has 106 valence electrons. The molecule has 0 aromatic heterocycles. The van der Waals surface area contributed by atoms with E-state index in [0.717, 1.165) is 38.6 Å². The molecule has 1 saturated heterocycles. The number of ether oxygens (including phenoxy) is 1. The van der Waals surface area contributed by atoms with Crippen molar-refractivity contribution in [3.05, 3.63) is 0 Å². The number of hydrogen-bond acceptors (Lipinski definition) is 4. The van der Waals surface area contributed by atoms with Crippen molar-refractivity contribution in [1.82, 2.24) is 10.2 Å². The van der Waals surface area contributed by atoms with E-state index in [4.69, 9.17) is 9.84 Å². The fraction of sp³-hybridized carbons (Fsp3) is 0.923. The molecule has 5 heteroatoms. The lowest BCUT2D eigenvalue weighted by atomic mass is 10.1. The van der Waals surface area contributed by atoms with Gasteiger partial charge in [-0.15, -0.1) is 0 Å². The third-order valence-corrected chi connectivity index (χ3v) is 3.39. The van der Waals surface area contributed by atoms with Crippen LogP contribution in [0.25, 0.3) is 0 Å². The molecule has 1 atom stereocenters. The Morgan fingerprint density at radius 3 is 3.06 bits per heavy atom.